The van der Waals surface area contributed by atoms with Gasteiger partial charge in [0, 0.05) is 6.07 Å². The minimum absolute atomic E-state index is 0.272. The lowest BCUT2D eigenvalue weighted by Crippen LogP contribution is -2.30. The summed E-state index contributed by atoms with van der Waals surface area (Å²) in [4.78, 5) is 10.4. The van der Waals surface area contributed by atoms with Crippen LogP contribution >= 0.6 is 11.6 Å². The van der Waals surface area contributed by atoms with Gasteiger partial charge in [0.15, 0.2) is 0 Å². The van der Waals surface area contributed by atoms with Crippen LogP contribution in [0.15, 0.2) is 12.1 Å². The Morgan fingerprint density at radius 1 is 1.19 bits per heavy atom. The molecule has 0 bridgehead atoms. The molecule has 0 atom stereocenters. The van der Waals surface area contributed by atoms with Gasteiger partial charge in [-0.2, -0.15) is 13.2 Å². The number of benzene rings is 1. The molecule has 1 aromatic carbocycles. The number of hydrogen-bond donors (Lipinski definition) is 1. The van der Waals surface area contributed by atoms with Gasteiger partial charge in [0.25, 0.3) is 0 Å². The van der Waals surface area contributed by atoms with Gasteiger partial charge in [0.2, 0.25) is 0 Å². The summed E-state index contributed by atoms with van der Waals surface area (Å²) in [6.07, 6.45) is -5.16. The van der Waals surface area contributed by atoms with Crippen molar-refractivity contribution in [1.29, 1.82) is 0 Å². The minimum atomic E-state index is -5.16. The Morgan fingerprint density at radius 2 is 1.75 bits per heavy atom. The van der Waals surface area contributed by atoms with Crippen LogP contribution in [0.3, 0.4) is 0 Å². The number of nitrogens with one attached hydrogen (secondary N) is 1. The monoisotopic (exact) mass is 259 g/mol. The van der Waals surface area contributed by atoms with Crippen molar-refractivity contribution in [1.82, 2.24) is 0 Å². The Hall–Kier alpha value is -1.37. The maximum absolute atomic E-state index is 12.9. The molecule has 0 aliphatic carbocycles. The van der Waals surface area contributed by atoms with Gasteiger partial charge in [-0.25, -0.2) is 8.78 Å². The van der Waals surface area contributed by atoms with Crippen LogP contribution in [0.1, 0.15) is 0 Å². The summed E-state index contributed by atoms with van der Waals surface area (Å²) in [5.41, 5.74) is -0.839. The van der Waals surface area contributed by atoms with Crippen molar-refractivity contribution in [2.75, 3.05) is 5.32 Å². The third-order valence-corrected chi connectivity index (χ3v) is 1.81. The highest BCUT2D eigenvalue weighted by Gasteiger charge is 2.39. The number of halogens is 6. The summed E-state index contributed by atoms with van der Waals surface area (Å²) in [5, 5.41) is 0.630. The van der Waals surface area contributed by atoms with Gasteiger partial charge < -0.3 is 5.32 Å². The number of amides is 1. The van der Waals surface area contributed by atoms with E-state index in [1.165, 1.54) is 5.32 Å². The molecule has 0 unspecified atom stereocenters. The molecule has 8 heteroatoms. The fraction of sp³-hybridized carbons (Fsp3) is 0.125. The van der Waals surface area contributed by atoms with E-state index in [9.17, 15) is 26.7 Å². The van der Waals surface area contributed by atoms with Crippen molar-refractivity contribution in [3.8, 4) is 0 Å². The molecule has 1 N–H and O–H groups in total. The lowest BCUT2D eigenvalue weighted by Gasteiger charge is -2.09. The van der Waals surface area contributed by atoms with E-state index in [0.29, 0.717) is 6.07 Å². The van der Waals surface area contributed by atoms with E-state index >= 15 is 0 Å². The molecule has 0 saturated heterocycles. The molecular formula is C8H3ClF5NO. The van der Waals surface area contributed by atoms with Crippen LogP contribution in [0, 0.1) is 11.6 Å². The Balaban J connectivity index is 2.99. The predicted molar refractivity (Wildman–Crippen MR) is 46.1 cm³/mol. The van der Waals surface area contributed by atoms with E-state index in [4.69, 9.17) is 11.6 Å². The van der Waals surface area contributed by atoms with Crippen molar-refractivity contribution in [2.45, 2.75) is 6.18 Å². The first kappa shape index (κ1) is 12.7. The van der Waals surface area contributed by atoms with Crippen molar-refractivity contribution < 1.29 is 26.7 Å². The Labute approximate surface area is 91.0 Å². The summed E-state index contributed by atoms with van der Waals surface area (Å²) < 4.78 is 60.9. The summed E-state index contributed by atoms with van der Waals surface area (Å²) in [7, 11) is 0. The molecule has 1 amide bonds. The van der Waals surface area contributed by atoms with Crippen molar-refractivity contribution in [2.24, 2.45) is 0 Å². The van der Waals surface area contributed by atoms with Gasteiger partial charge >= 0.3 is 12.1 Å². The van der Waals surface area contributed by atoms with E-state index in [1.807, 2.05) is 0 Å². The molecule has 2 nitrogen and oxygen atoms in total. The second-order valence-electron chi connectivity index (χ2n) is 2.70. The molecule has 0 aromatic heterocycles. The third-order valence-electron chi connectivity index (χ3n) is 1.52. The fourth-order valence-electron chi connectivity index (χ4n) is 0.812. The number of hydrogen-bond acceptors (Lipinski definition) is 1. The number of carbonyl (C=O) groups is 1. The Morgan fingerprint density at radius 3 is 2.25 bits per heavy atom. The van der Waals surface area contributed by atoms with Gasteiger partial charge in [-0.15, -0.1) is 0 Å². The molecule has 0 radical (unpaired) electrons. The van der Waals surface area contributed by atoms with E-state index in [-0.39, 0.29) is 6.07 Å². The topological polar surface area (TPSA) is 29.1 Å². The molecule has 1 aromatic rings. The highest BCUT2D eigenvalue weighted by Crippen LogP contribution is 2.25. The maximum atomic E-state index is 12.9. The summed E-state index contributed by atoms with van der Waals surface area (Å²) in [6.45, 7) is 0. The Bertz CT molecular complexity index is 431. The zero-order valence-corrected chi connectivity index (χ0v) is 8.09. The molecule has 16 heavy (non-hydrogen) atoms. The van der Waals surface area contributed by atoms with Gasteiger partial charge in [-0.3, -0.25) is 4.79 Å². The Kier molecular flexibility index (Phi) is 3.37. The van der Waals surface area contributed by atoms with Crippen molar-refractivity contribution >= 4 is 23.2 Å². The number of alkyl halides is 3. The first-order valence-electron chi connectivity index (χ1n) is 3.74. The first-order valence-corrected chi connectivity index (χ1v) is 4.12. The van der Waals surface area contributed by atoms with Gasteiger partial charge in [0.1, 0.15) is 11.6 Å². The highest BCUT2D eigenvalue weighted by atomic mass is 35.5. The molecule has 0 heterocycles. The lowest BCUT2D eigenvalue weighted by atomic mass is 10.3. The zero-order valence-electron chi connectivity index (χ0n) is 7.33. The standard InChI is InChI=1S/C8H3ClF5NO/c9-3-1-6(5(11)2-4(3)10)15-7(16)8(12,13)14/h1-2H,(H,15,16). The predicted octanol–water partition coefficient (Wildman–Crippen LogP) is 3.12. The van der Waals surface area contributed by atoms with Crippen LogP contribution in [0.2, 0.25) is 5.02 Å². The van der Waals surface area contributed by atoms with E-state index in [1.54, 1.807) is 0 Å². The number of carbonyl (C=O) groups excluding carboxylic acids is 1. The summed E-state index contributed by atoms with van der Waals surface area (Å²) >= 11 is 5.21. The number of anilines is 1. The van der Waals surface area contributed by atoms with Crippen LogP contribution in [0.5, 0.6) is 0 Å². The second-order valence-corrected chi connectivity index (χ2v) is 3.11. The second kappa shape index (κ2) is 4.25. The quantitative estimate of drug-likeness (QED) is 0.609. The van der Waals surface area contributed by atoms with E-state index in [2.05, 4.69) is 0 Å². The molecular weight excluding hydrogens is 257 g/mol. The van der Waals surface area contributed by atoms with Gasteiger partial charge in [-0.05, 0) is 6.07 Å². The SMILES string of the molecule is O=C(Nc1cc(Cl)c(F)cc1F)C(F)(F)F. The summed E-state index contributed by atoms with van der Waals surface area (Å²) in [6, 6.07) is 0.824. The molecule has 0 aliphatic heterocycles. The third kappa shape index (κ3) is 2.82. The van der Waals surface area contributed by atoms with E-state index in [0.717, 1.165) is 0 Å². The molecule has 0 spiro atoms. The van der Waals surface area contributed by atoms with Crippen LogP contribution in [0.25, 0.3) is 0 Å². The van der Waals surface area contributed by atoms with Crippen LogP contribution < -0.4 is 5.32 Å². The highest BCUT2D eigenvalue weighted by molar-refractivity contribution is 6.31. The maximum Gasteiger partial charge on any atom is 0.471 e. The molecule has 0 aliphatic rings. The first-order chi connectivity index (χ1) is 7.21. The normalized spacial score (nSPS) is 11.4. The average molecular weight is 260 g/mol. The fourth-order valence-corrected chi connectivity index (χ4v) is 0.975. The smallest absolute Gasteiger partial charge is 0.316 e. The molecule has 88 valence electrons. The molecule has 0 saturated carbocycles. The van der Waals surface area contributed by atoms with E-state index < -0.39 is 34.4 Å². The van der Waals surface area contributed by atoms with Gasteiger partial charge in [0.05, 0.1) is 10.7 Å². The molecule has 1 rings (SSSR count). The van der Waals surface area contributed by atoms with Gasteiger partial charge in [-0.1, -0.05) is 11.6 Å². The summed E-state index contributed by atoms with van der Waals surface area (Å²) in [5.74, 6) is -4.85. The van der Waals surface area contributed by atoms with Crippen LogP contribution in [-0.2, 0) is 4.79 Å². The van der Waals surface area contributed by atoms with Crippen molar-refractivity contribution in [3.63, 3.8) is 0 Å². The minimum Gasteiger partial charge on any atom is -0.316 e. The molecule has 0 fully saturated rings. The average Bonchev–Trinajstić information content (AvgIpc) is 2.12. The lowest BCUT2D eigenvalue weighted by molar-refractivity contribution is -0.167. The van der Waals surface area contributed by atoms with Crippen LogP contribution in [0.4, 0.5) is 27.6 Å². The zero-order chi connectivity index (χ0) is 12.5. The number of rotatable bonds is 1. The van der Waals surface area contributed by atoms with Crippen molar-refractivity contribution in [3.05, 3.63) is 28.8 Å². The largest absolute Gasteiger partial charge is 0.471 e. The van der Waals surface area contributed by atoms with Crippen LogP contribution in [-0.4, -0.2) is 12.1 Å².